The predicted octanol–water partition coefficient (Wildman–Crippen LogP) is 3.90. The number of halogens is 2. The van der Waals surface area contributed by atoms with Crippen molar-refractivity contribution in [3.05, 3.63) is 34.4 Å². The van der Waals surface area contributed by atoms with Crippen molar-refractivity contribution in [2.75, 3.05) is 13.1 Å². The van der Waals surface area contributed by atoms with E-state index in [0.29, 0.717) is 17.1 Å². The number of aliphatic imine (C=N–C) groups is 2. The molecule has 0 radical (unpaired) electrons. The van der Waals surface area contributed by atoms with E-state index in [0.717, 1.165) is 35.8 Å². The Bertz CT molecular complexity index is 780. The molecule has 0 bridgehead atoms. The second-order valence-electron chi connectivity index (χ2n) is 8.76. The second-order valence-corrected chi connectivity index (χ2v) is 9.61. The van der Waals surface area contributed by atoms with Crippen molar-refractivity contribution in [1.82, 2.24) is 10.0 Å². The Labute approximate surface area is 182 Å². The molecular weight excluding hydrogens is 406 g/mol. The van der Waals surface area contributed by atoms with Gasteiger partial charge in [-0.15, -0.1) is 0 Å². The lowest BCUT2D eigenvalue weighted by Gasteiger charge is -2.29. The third kappa shape index (κ3) is 6.48. The number of alkyl halides is 2. The molecule has 6 N–H and O–H groups in total. The van der Waals surface area contributed by atoms with Gasteiger partial charge in [0.2, 0.25) is 0 Å². The molecule has 0 aromatic carbocycles. The lowest BCUT2D eigenvalue weighted by Crippen LogP contribution is -2.36. The third-order valence-corrected chi connectivity index (χ3v) is 6.02. The molecule has 6 nitrogen and oxygen atoms in total. The highest BCUT2D eigenvalue weighted by Gasteiger charge is 2.26. The molecule has 0 saturated heterocycles. The number of rotatable bonds is 8. The van der Waals surface area contributed by atoms with E-state index in [1.165, 1.54) is 11.9 Å². The minimum Gasteiger partial charge on any atom is -0.404 e. The van der Waals surface area contributed by atoms with E-state index in [4.69, 9.17) is 16.5 Å². The topological polar surface area (TPSA) is 101 Å². The van der Waals surface area contributed by atoms with Gasteiger partial charge in [0, 0.05) is 24.4 Å². The summed E-state index contributed by atoms with van der Waals surface area (Å²) in [7, 11) is 0. The van der Waals surface area contributed by atoms with Crippen molar-refractivity contribution in [3.8, 4) is 0 Å². The molecule has 2 aliphatic rings. The minimum atomic E-state index is -2.50. The maximum absolute atomic E-state index is 12.7. The first-order valence-electron chi connectivity index (χ1n) is 10.2. The average Bonchev–Trinajstić information content (AvgIpc) is 2.66. The summed E-state index contributed by atoms with van der Waals surface area (Å²) in [5.41, 5.74) is 15.1. The van der Waals surface area contributed by atoms with Crippen molar-refractivity contribution >= 4 is 23.4 Å². The van der Waals surface area contributed by atoms with Crippen LogP contribution in [0.2, 0.25) is 0 Å². The Hall–Kier alpha value is -2.03. The Kier molecular flexibility index (Phi) is 8.34. The van der Waals surface area contributed by atoms with Gasteiger partial charge in [0.1, 0.15) is 12.4 Å². The van der Waals surface area contributed by atoms with Crippen LogP contribution in [0.15, 0.2) is 44.4 Å². The molecule has 0 amide bonds. The molecule has 9 heteroatoms. The predicted molar refractivity (Wildman–Crippen MR) is 123 cm³/mol. The number of dihydropyridines is 1. The summed E-state index contributed by atoms with van der Waals surface area (Å²) < 4.78 is 28.7. The Morgan fingerprint density at radius 3 is 2.70 bits per heavy atom. The monoisotopic (exact) mass is 440 g/mol. The van der Waals surface area contributed by atoms with E-state index in [9.17, 15) is 8.78 Å². The van der Waals surface area contributed by atoms with Crippen molar-refractivity contribution in [3.63, 3.8) is 0 Å². The fourth-order valence-corrected chi connectivity index (χ4v) is 3.92. The Morgan fingerprint density at radius 1 is 1.47 bits per heavy atom. The van der Waals surface area contributed by atoms with Crippen LogP contribution in [0, 0.1) is 17.3 Å². The van der Waals surface area contributed by atoms with Gasteiger partial charge >= 0.3 is 0 Å². The first-order valence-corrected chi connectivity index (χ1v) is 11.1. The molecule has 1 atom stereocenters. The van der Waals surface area contributed by atoms with Gasteiger partial charge in [-0.1, -0.05) is 34.6 Å². The Balaban J connectivity index is 2.12. The van der Waals surface area contributed by atoms with Crippen LogP contribution in [0.4, 0.5) is 8.78 Å². The average molecular weight is 441 g/mol. The summed E-state index contributed by atoms with van der Waals surface area (Å²) in [5.74, 6) is 0.597. The molecule has 0 spiro atoms. The minimum absolute atomic E-state index is 0.0524. The van der Waals surface area contributed by atoms with Gasteiger partial charge in [-0.3, -0.25) is 9.98 Å². The van der Waals surface area contributed by atoms with Crippen molar-refractivity contribution in [2.24, 2.45) is 38.7 Å². The van der Waals surface area contributed by atoms with E-state index in [-0.39, 0.29) is 17.3 Å². The number of nitrogens with one attached hydrogen (secondary N) is 2. The van der Waals surface area contributed by atoms with Gasteiger partial charge in [-0.25, -0.2) is 8.78 Å². The maximum Gasteiger partial charge on any atom is 0.257 e. The summed E-state index contributed by atoms with van der Waals surface area (Å²) in [6, 6.07) is 0. The number of nitrogens with zero attached hydrogens (tertiary/aromatic N) is 2. The summed E-state index contributed by atoms with van der Waals surface area (Å²) in [5, 5.41) is 3.23. The fourth-order valence-electron chi connectivity index (χ4n) is 3.23. The lowest BCUT2D eigenvalue weighted by atomic mass is 9.84. The highest BCUT2D eigenvalue weighted by atomic mass is 32.2. The van der Waals surface area contributed by atoms with Gasteiger partial charge < -0.3 is 21.5 Å². The lowest BCUT2D eigenvalue weighted by molar-refractivity contribution is 0.158. The number of hydrogen-bond acceptors (Lipinski definition) is 7. The zero-order valence-corrected chi connectivity index (χ0v) is 19.2. The molecule has 0 aliphatic carbocycles. The van der Waals surface area contributed by atoms with Gasteiger partial charge in [-0.05, 0) is 42.2 Å². The summed E-state index contributed by atoms with van der Waals surface area (Å²) in [4.78, 5) is 9.69. The van der Waals surface area contributed by atoms with E-state index in [1.807, 2.05) is 26.8 Å². The van der Waals surface area contributed by atoms with Crippen molar-refractivity contribution < 1.29 is 8.78 Å². The van der Waals surface area contributed by atoms with Gasteiger partial charge in [-0.2, -0.15) is 0 Å². The van der Waals surface area contributed by atoms with Crippen LogP contribution in [-0.4, -0.2) is 30.9 Å². The normalized spacial score (nSPS) is 22.8. The van der Waals surface area contributed by atoms with Crippen molar-refractivity contribution in [2.45, 2.75) is 53.9 Å². The third-order valence-electron chi connectivity index (χ3n) is 5.10. The number of hydrogen-bond donors (Lipinski definition) is 4. The van der Waals surface area contributed by atoms with E-state index >= 15 is 0 Å². The SMILES string of the molecule is CC(C)C(=NCC(F)F)C1=C(N)C(C)C=C(NSC(=CN)C2=NCC(C)(C)CC2)N1. The largest absolute Gasteiger partial charge is 0.404 e. The van der Waals surface area contributed by atoms with E-state index < -0.39 is 13.0 Å². The van der Waals surface area contributed by atoms with Gasteiger partial charge in [0.05, 0.1) is 22.0 Å². The fraction of sp³-hybridized carbons (Fsp3) is 0.619. The van der Waals surface area contributed by atoms with Crippen LogP contribution in [0.5, 0.6) is 0 Å². The first-order chi connectivity index (χ1) is 14.0. The molecule has 0 saturated carbocycles. The molecule has 168 valence electrons. The van der Waals surface area contributed by atoms with Crippen LogP contribution in [0.1, 0.15) is 47.5 Å². The molecule has 0 aromatic rings. The standard InChI is InChI=1S/C21H34F2N6S/c1-12(2)19(26-10-16(22)23)20-18(25)13(3)8-17(28-20)29-30-15(9-24)14-6-7-21(4,5)11-27-14/h8-9,12-13,16,28-29H,6-7,10-11,24-25H2,1-5H3. The summed E-state index contributed by atoms with van der Waals surface area (Å²) in [6.45, 7) is 10.4. The number of nitrogens with two attached hydrogens (primary N) is 2. The molecule has 2 aliphatic heterocycles. The molecule has 0 fully saturated rings. The Morgan fingerprint density at radius 2 is 2.17 bits per heavy atom. The number of allylic oxidation sites excluding steroid dienone is 3. The molecule has 2 rings (SSSR count). The second kappa shape index (κ2) is 10.3. The van der Waals surface area contributed by atoms with Crippen LogP contribution >= 0.6 is 11.9 Å². The van der Waals surface area contributed by atoms with Crippen LogP contribution in [0.3, 0.4) is 0 Å². The zero-order valence-electron chi connectivity index (χ0n) is 18.4. The van der Waals surface area contributed by atoms with E-state index in [1.54, 1.807) is 6.20 Å². The molecule has 30 heavy (non-hydrogen) atoms. The molecule has 1 unspecified atom stereocenters. The van der Waals surface area contributed by atoms with Crippen LogP contribution in [-0.2, 0) is 0 Å². The zero-order chi connectivity index (χ0) is 22.5. The quantitative estimate of drug-likeness (QED) is 0.339. The first kappa shape index (κ1) is 24.2. The summed E-state index contributed by atoms with van der Waals surface area (Å²) in [6.07, 6.45) is 2.96. The van der Waals surface area contributed by atoms with Crippen LogP contribution < -0.4 is 21.5 Å². The van der Waals surface area contributed by atoms with Gasteiger partial charge in [0.15, 0.2) is 0 Å². The molecular formula is C21H34F2N6S. The van der Waals surface area contributed by atoms with E-state index in [2.05, 4.69) is 28.9 Å². The summed E-state index contributed by atoms with van der Waals surface area (Å²) >= 11 is 1.38. The van der Waals surface area contributed by atoms with Gasteiger partial charge in [0.25, 0.3) is 6.43 Å². The highest BCUT2D eigenvalue weighted by Crippen LogP contribution is 2.31. The smallest absolute Gasteiger partial charge is 0.257 e. The van der Waals surface area contributed by atoms with Crippen molar-refractivity contribution in [1.29, 1.82) is 0 Å². The maximum atomic E-state index is 12.7. The van der Waals surface area contributed by atoms with Crippen LogP contribution in [0.25, 0.3) is 0 Å². The highest BCUT2D eigenvalue weighted by molar-refractivity contribution is 8.02. The molecule has 0 aromatic heterocycles. The molecule has 2 heterocycles.